The highest BCUT2D eigenvalue weighted by Crippen LogP contribution is 2.32. The van der Waals surface area contributed by atoms with Crippen molar-refractivity contribution in [1.29, 1.82) is 0 Å². The van der Waals surface area contributed by atoms with Gasteiger partial charge in [-0.25, -0.2) is 8.42 Å². The van der Waals surface area contributed by atoms with E-state index in [1.165, 1.54) is 19.2 Å². The minimum Gasteiger partial charge on any atom is -0.497 e. The number of methoxy groups -OCH3 is 1. The zero-order chi connectivity index (χ0) is 28.9. The maximum Gasteiger partial charge on any atom is 0.252 e. The molecule has 1 unspecified atom stereocenters. The van der Waals surface area contributed by atoms with Crippen LogP contribution in [0.25, 0.3) is 0 Å². The van der Waals surface area contributed by atoms with Crippen LogP contribution in [0, 0.1) is 5.92 Å². The molecule has 2 aromatic carbocycles. The van der Waals surface area contributed by atoms with Crippen molar-refractivity contribution < 1.29 is 37.0 Å². The largest absolute Gasteiger partial charge is 0.497 e. The molecule has 12 heteroatoms. The molecule has 2 N–H and O–H groups in total. The summed E-state index contributed by atoms with van der Waals surface area (Å²) in [6, 6.07) is 9.00. The number of hydrogen-bond acceptors (Lipinski definition) is 8. The highest BCUT2D eigenvalue weighted by atomic mass is 32.2. The van der Waals surface area contributed by atoms with Gasteiger partial charge in [0, 0.05) is 12.1 Å². The third-order valence-corrected chi connectivity index (χ3v) is 8.78. The molecule has 0 spiro atoms. The lowest BCUT2D eigenvalue weighted by atomic mass is 10.0. The van der Waals surface area contributed by atoms with Crippen LogP contribution in [0.3, 0.4) is 0 Å². The van der Waals surface area contributed by atoms with Crippen LogP contribution < -0.4 is 24.8 Å². The lowest BCUT2D eigenvalue weighted by Crippen LogP contribution is -2.52. The number of amides is 2. The van der Waals surface area contributed by atoms with E-state index in [0.717, 1.165) is 4.31 Å². The fourth-order valence-electron chi connectivity index (χ4n) is 4.57. The fourth-order valence-corrected chi connectivity index (χ4v) is 6.02. The Morgan fingerprint density at radius 3 is 2.50 bits per heavy atom. The van der Waals surface area contributed by atoms with E-state index in [0.29, 0.717) is 42.1 Å². The Hall–Kier alpha value is -3.64. The molecule has 11 nitrogen and oxygen atoms in total. The topological polar surface area (TPSA) is 140 Å². The summed E-state index contributed by atoms with van der Waals surface area (Å²) in [4.78, 5) is 39.5. The molecule has 4 rings (SSSR count). The first-order valence-electron chi connectivity index (χ1n) is 13.3. The van der Waals surface area contributed by atoms with E-state index >= 15 is 0 Å². The number of sulfonamides is 1. The molecule has 0 saturated carbocycles. The molecule has 0 radical (unpaired) electrons. The van der Waals surface area contributed by atoms with Gasteiger partial charge in [-0.2, -0.15) is 4.31 Å². The van der Waals surface area contributed by atoms with Crippen molar-refractivity contribution in [3.63, 3.8) is 0 Å². The Bertz CT molecular complexity index is 1340. The summed E-state index contributed by atoms with van der Waals surface area (Å²) in [6.45, 7) is 3.89. The van der Waals surface area contributed by atoms with Crippen LogP contribution in [-0.2, 0) is 19.6 Å². The molecule has 0 aliphatic carbocycles. The third-order valence-electron chi connectivity index (χ3n) is 6.92. The summed E-state index contributed by atoms with van der Waals surface area (Å²) in [5, 5.41) is 5.56. The summed E-state index contributed by atoms with van der Waals surface area (Å²) >= 11 is 0. The third kappa shape index (κ3) is 6.92. The first-order chi connectivity index (χ1) is 19.1. The maximum absolute atomic E-state index is 13.3. The van der Waals surface area contributed by atoms with Gasteiger partial charge in [-0.3, -0.25) is 14.4 Å². The van der Waals surface area contributed by atoms with E-state index in [9.17, 15) is 22.8 Å². The first kappa shape index (κ1) is 29.3. The Morgan fingerprint density at radius 1 is 1.07 bits per heavy atom. The summed E-state index contributed by atoms with van der Waals surface area (Å²) in [6.07, 6.45) is 1.71. The van der Waals surface area contributed by atoms with Crippen molar-refractivity contribution in [2.75, 3.05) is 27.0 Å². The number of benzene rings is 2. The van der Waals surface area contributed by atoms with Gasteiger partial charge in [-0.05, 0) is 74.1 Å². The van der Waals surface area contributed by atoms with Gasteiger partial charge in [0.1, 0.15) is 11.8 Å². The number of rotatable bonds is 10. The number of ketones is 1. The average Bonchev–Trinajstić information content (AvgIpc) is 3.33. The Kier molecular flexibility index (Phi) is 9.31. The summed E-state index contributed by atoms with van der Waals surface area (Å²) < 4.78 is 43.2. The smallest absolute Gasteiger partial charge is 0.252 e. The van der Waals surface area contributed by atoms with E-state index in [1.807, 2.05) is 13.8 Å². The molecule has 2 aliphatic rings. The highest BCUT2D eigenvalue weighted by molar-refractivity contribution is 7.89. The van der Waals surface area contributed by atoms with Gasteiger partial charge in [-0.1, -0.05) is 13.8 Å². The number of hydrogen-bond donors (Lipinski definition) is 2. The lowest BCUT2D eigenvalue weighted by Gasteiger charge is -2.23. The molecule has 2 atom stereocenters. The van der Waals surface area contributed by atoms with Crippen LogP contribution in [0.15, 0.2) is 47.4 Å². The van der Waals surface area contributed by atoms with Crippen molar-refractivity contribution >= 4 is 27.6 Å². The zero-order valence-corrected chi connectivity index (χ0v) is 23.7. The van der Waals surface area contributed by atoms with Crippen LogP contribution in [-0.4, -0.2) is 69.4 Å². The summed E-state index contributed by atoms with van der Waals surface area (Å²) in [5.74, 6) is 0.452. The normalized spacial score (nSPS) is 18.2. The molecular weight excluding hydrogens is 538 g/mol. The Balaban J connectivity index is 1.42. The van der Waals surface area contributed by atoms with Crippen LogP contribution in [0.4, 0.5) is 0 Å². The number of Topliss-reactive ketones (excluding diaryl/α,β-unsaturated/α-hetero) is 1. The van der Waals surface area contributed by atoms with Gasteiger partial charge in [0.25, 0.3) is 5.91 Å². The van der Waals surface area contributed by atoms with Crippen LogP contribution in [0.5, 0.6) is 17.2 Å². The molecule has 2 heterocycles. The number of carbonyl (C=O) groups is 3. The predicted molar refractivity (Wildman–Crippen MR) is 146 cm³/mol. The Morgan fingerprint density at radius 2 is 1.80 bits per heavy atom. The highest BCUT2D eigenvalue weighted by Gasteiger charge is 2.34. The number of carbonyl (C=O) groups excluding carboxylic acids is 3. The fraction of sp³-hybridized carbons (Fsp3) is 0.464. The van der Waals surface area contributed by atoms with Gasteiger partial charge in [0.2, 0.25) is 22.7 Å². The average molecular weight is 574 g/mol. The second kappa shape index (κ2) is 12.7. The van der Waals surface area contributed by atoms with E-state index in [-0.39, 0.29) is 37.1 Å². The van der Waals surface area contributed by atoms with Gasteiger partial charge in [0.15, 0.2) is 17.3 Å². The molecule has 1 fully saturated rings. The van der Waals surface area contributed by atoms with Gasteiger partial charge < -0.3 is 24.8 Å². The van der Waals surface area contributed by atoms with Crippen LogP contribution >= 0.6 is 0 Å². The standard InChI is InChI=1S/C28H35N3O8S/c1-18(2)6-12-23(30-27(33)19-7-13-25-26(15-19)39-17-38-25)28(34)29-22-5-4-14-31(16-24(22)32)40(35,36)21-10-8-20(37-3)9-11-21/h7-11,13,15,18,22-23H,4-6,12,14,16-17H2,1-3H3,(H,29,34)(H,30,33)/t22?,23-/m1/s1. The zero-order valence-electron chi connectivity index (χ0n) is 22.8. The van der Waals surface area contributed by atoms with E-state index in [1.54, 1.807) is 30.3 Å². The second-order valence-corrected chi connectivity index (χ2v) is 12.2. The second-order valence-electron chi connectivity index (χ2n) is 10.2. The molecule has 0 bridgehead atoms. The minimum absolute atomic E-state index is 0.0589. The van der Waals surface area contributed by atoms with E-state index in [2.05, 4.69) is 10.6 Å². The Labute approximate surface area is 234 Å². The number of fused-ring (bicyclic) bond motifs is 1. The molecule has 0 aromatic heterocycles. The molecule has 2 amide bonds. The molecule has 216 valence electrons. The molecule has 2 aliphatic heterocycles. The molecule has 2 aromatic rings. The number of nitrogens with one attached hydrogen (secondary N) is 2. The van der Waals surface area contributed by atoms with E-state index < -0.39 is 39.7 Å². The monoisotopic (exact) mass is 573 g/mol. The van der Waals surface area contributed by atoms with Gasteiger partial charge >= 0.3 is 0 Å². The molecule has 40 heavy (non-hydrogen) atoms. The van der Waals surface area contributed by atoms with Crippen molar-refractivity contribution in [1.82, 2.24) is 14.9 Å². The van der Waals surface area contributed by atoms with Gasteiger partial charge in [0.05, 0.1) is 24.6 Å². The summed E-state index contributed by atoms with van der Waals surface area (Å²) in [5.41, 5.74) is 0.316. The van der Waals surface area contributed by atoms with E-state index in [4.69, 9.17) is 14.2 Å². The molecular formula is C28H35N3O8S. The van der Waals surface area contributed by atoms with Crippen LogP contribution in [0.1, 0.15) is 49.9 Å². The van der Waals surface area contributed by atoms with Crippen molar-refractivity contribution in [3.8, 4) is 17.2 Å². The number of ether oxygens (including phenoxy) is 3. The lowest BCUT2D eigenvalue weighted by molar-refractivity contribution is -0.128. The minimum atomic E-state index is -3.91. The summed E-state index contributed by atoms with van der Waals surface area (Å²) in [7, 11) is -2.42. The van der Waals surface area contributed by atoms with Gasteiger partial charge in [-0.15, -0.1) is 0 Å². The van der Waals surface area contributed by atoms with Crippen molar-refractivity contribution in [2.24, 2.45) is 5.92 Å². The van der Waals surface area contributed by atoms with Crippen molar-refractivity contribution in [2.45, 2.75) is 56.5 Å². The van der Waals surface area contributed by atoms with Crippen molar-refractivity contribution in [3.05, 3.63) is 48.0 Å². The maximum atomic E-state index is 13.3. The number of nitrogens with zero attached hydrogens (tertiary/aromatic N) is 1. The first-order valence-corrected chi connectivity index (χ1v) is 14.7. The SMILES string of the molecule is COc1ccc(S(=O)(=O)N2CCCC(NC(=O)[C@@H](CCC(C)C)NC(=O)c3ccc4c(c3)OCO4)C(=O)C2)cc1. The molecule has 1 saturated heterocycles. The van der Waals surface area contributed by atoms with Crippen LogP contribution in [0.2, 0.25) is 0 Å². The quantitative estimate of drug-likeness (QED) is 0.442. The predicted octanol–water partition coefficient (Wildman–Crippen LogP) is 2.50.